The minimum Gasteiger partial charge on any atom is -0.494 e. The fourth-order valence-electron chi connectivity index (χ4n) is 5.47. The van der Waals surface area contributed by atoms with E-state index in [9.17, 15) is 23.2 Å². The molecule has 2 heterocycles. The van der Waals surface area contributed by atoms with Gasteiger partial charge < -0.3 is 20.3 Å². The second-order valence-corrected chi connectivity index (χ2v) is 10.8. The highest BCUT2D eigenvalue weighted by Crippen LogP contribution is 2.32. The van der Waals surface area contributed by atoms with Crippen molar-refractivity contribution in [2.45, 2.75) is 32.4 Å². The van der Waals surface area contributed by atoms with Crippen LogP contribution in [0.4, 0.5) is 18.0 Å². The number of carbonyl (C=O) groups is 1. The standard InChI is InChI=1S/C32H33F3N6O4/c1-5-36-31(43)37-20-14-12-19(13-15-20)21-17-39-29(22(21)16-38(2)3)30(42)41(26-10-7-11-27(45-4)28(26)35)32(44)40(39)18-23-24(33)8-6-9-25(23)34/h6-12,14-15,17,19H,5,13,16,18H2,1-4H3,(H2,36,37,43)/t19-/m0/s1. The molecule has 0 radical (unpaired) electrons. The molecule has 5 rings (SSSR count). The maximum atomic E-state index is 15.6. The number of hydrogen-bond acceptors (Lipinski definition) is 5. The number of fused-ring (bicyclic) bond motifs is 1. The summed E-state index contributed by atoms with van der Waals surface area (Å²) in [6, 6.07) is 7.05. The van der Waals surface area contributed by atoms with E-state index in [1.165, 1.54) is 35.9 Å². The largest absolute Gasteiger partial charge is 0.494 e. The smallest absolute Gasteiger partial charge is 0.351 e. The number of allylic oxidation sites excluding steroid dienone is 3. The summed E-state index contributed by atoms with van der Waals surface area (Å²) in [4.78, 5) is 42.2. The maximum absolute atomic E-state index is 15.6. The molecule has 236 valence electrons. The minimum atomic E-state index is -1.01. The lowest BCUT2D eigenvalue weighted by molar-refractivity contribution is 0.244. The Kier molecular flexibility index (Phi) is 9.00. The molecule has 1 aliphatic carbocycles. The molecular weight excluding hydrogens is 589 g/mol. The van der Waals surface area contributed by atoms with Gasteiger partial charge in [-0.25, -0.2) is 32.0 Å². The van der Waals surface area contributed by atoms with E-state index in [1.807, 2.05) is 38.1 Å². The number of aromatic nitrogens is 3. The lowest BCUT2D eigenvalue weighted by Gasteiger charge is -2.19. The highest BCUT2D eigenvalue weighted by Gasteiger charge is 2.27. The molecule has 2 amide bonds. The molecule has 0 saturated carbocycles. The van der Waals surface area contributed by atoms with Gasteiger partial charge in [0, 0.05) is 42.0 Å². The fourth-order valence-corrected chi connectivity index (χ4v) is 5.47. The quantitative estimate of drug-likeness (QED) is 0.294. The van der Waals surface area contributed by atoms with Crippen LogP contribution in [0.3, 0.4) is 0 Å². The molecule has 1 aliphatic rings. The van der Waals surface area contributed by atoms with Crippen molar-refractivity contribution in [2.24, 2.45) is 0 Å². The van der Waals surface area contributed by atoms with E-state index in [0.717, 1.165) is 16.8 Å². The van der Waals surface area contributed by atoms with Gasteiger partial charge in [-0.1, -0.05) is 24.3 Å². The first kappa shape index (κ1) is 31.4. The first-order valence-electron chi connectivity index (χ1n) is 14.3. The average molecular weight is 623 g/mol. The normalized spacial score (nSPS) is 14.6. The van der Waals surface area contributed by atoms with Gasteiger partial charge in [0.2, 0.25) is 0 Å². The van der Waals surface area contributed by atoms with Gasteiger partial charge in [0.05, 0.1) is 19.3 Å². The zero-order valence-electron chi connectivity index (χ0n) is 25.2. The van der Waals surface area contributed by atoms with Gasteiger partial charge in [0.1, 0.15) is 17.2 Å². The summed E-state index contributed by atoms with van der Waals surface area (Å²) in [5.41, 5.74) is -0.719. The third-order valence-corrected chi connectivity index (χ3v) is 7.54. The van der Waals surface area contributed by atoms with E-state index in [0.29, 0.717) is 34.4 Å². The Labute approximate surface area is 256 Å². The van der Waals surface area contributed by atoms with Crippen LogP contribution < -0.4 is 26.6 Å². The van der Waals surface area contributed by atoms with E-state index in [1.54, 1.807) is 12.3 Å². The van der Waals surface area contributed by atoms with Gasteiger partial charge in [0.15, 0.2) is 11.6 Å². The van der Waals surface area contributed by atoms with Crippen LogP contribution in [0.1, 0.15) is 36.0 Å². The number of methoxy groups -OCH3 is 1. The van der Waals surface area contributed by atoms with Gasteiger partial charge in [-0.3, -0.25) is 9.31 Å². The number of nitrogens with zero attached hydrogens (tertiary/aromatic N) is 4. The second-order valence-electron chi connectivity index (χ2n) is 10.8. The molecule has 0 fully saturated rings. The number of carbonyl (C=O) groups excluding carboxylic acids is 1. The Balaban J connectivity index is 1.77. The van der Waals surface area contributed by atoms with Crippen molar-refractivity contribution < 1.29 is 22.7 Å². The predicted octanol–water partition coefficient (Wildman–Crippen LogP) is 4.03. The molecule has 13 heteroatoms. The minimum absolute atomic E-state index is 0.0425. The molecule has 2 aromatic carbocycles. The molecule has 0 saturated heterocycles. The van der Waals surface area contributed by atoms with Crippen LogP contribution in [0.2, 0.25) is 0 Å². The summed E-state index contributed by atoms with van der Waals surface area (Å²) in [6.07, 6.45) is 7.51. The van der Waals surface area contributed by atoms with Gasteiger partial charge >= 0.3 is 11.7 Å². The van der Waals surface area contributed by atoms with Crippen molar-refractivity contribution in [3.8, 4) is 11.4 Å². The average Bonchev–Trinajstić information content (AvgIpc) is 3.36. The van der Waals surface area contributed by atoms with Gasteiger partial charge in [-0.2, -0.15) is 0 Å². The zero-order chi connectivity index (χ0) is 32.4. The van der Waals surface area contributed by atoms with Crippen molar-refractivity contribution in [2.75, 3.05) is 27.7 Å². The van der Waals surface area contributed by atoms with Gasteiger partial charge in [-0.15, -0.1) is 0 Å². The van der Waals surface area contributed by atoms with E-state index < -0.39 is 40.8 Å². The zero-order valence-corrected chi connectivity index (χ0v) is 25.2. The van der Waals surface area contributed by atoms with Crippen molar-refractivity contribution in [3.05, 3.63) is 122 Å². The van der Waals surface area contributed by atoms with Gasteiger partial charge in [-0.05, 0) is 63.3 Å². The second kappa shape index (κ2) is 12.9. The lowest BCUT2D eigenvalue weighted by Crippen LogP contribution is -2.43. The summed E-state index contributed by atoms with van der Waals surface area (Å²) in [5.74, 6) is -3.18. The maximum Gasteiger partial charge on any atom is 0.351 e. The number of urea groups is 1. The molecule has 45 heavy (non-hydrogen) atoms. The van der Waals surface area contributed by atoms with Crippen molar-refractivity contribution in [1.29, 1.82) is 0 Å². The monoisotopic (exact) mass is 622 g/mol. The summed E-state index contributed by atoms with van der Waals surface area (Å²) in [7, 11) is 4.87. The highest BCUT2D eigenvalue weighted by atomic mass is 19.1. The molecule has 0 spiro atoms. The summed E-state index contributed by atoms with van der Waals surface area (Å²) in [6.45, 7) is 1.94. The van der Waals surface area contributed by atoms with Crippen LogP contribution in [0.5, 0.6) is 5.75 Å². The van der Waals surface area contributed by atoms with Crippen LogP contribution in [0.15, 0.2) is 76.1 Å². The Morgan fingerprint density at radius 1 is 1.07 bits per heavy atom. The number of rotatable bonds is 9. The molecular formula is C32H33F3N6O4. The molecule has 0 aliphatic heterocycles. The molecule has 1 atom stereocenters. The number of amides is 2. The van der Waals surface area contributed by atoms with E-state index in [4.69, 9.17) is 4.74 Å². The molecule has 2 N–H and O–H groups in total. The van der Waals surface area contributed by atoms with Crippen LogP contribution in [0.25, 0.3) is 11.2 Å². The van der Waals surface area contributed by atoms with Crippen molar-refractivity contribution in [3.63, 3.8) is 0 Å². The summed E-state index contributed by atoms with van der Waals surface area (Å²) in [5, 5.41) is 5.43. The first-order valence-corrected chi connectivity index (χ1v) is 14.3. The number of halogens is 3. The Morgan fingerprint density at radius 3 is 2.40 bits per heavy atom. The Morgan fingerprint density at radius 2 is 1.78 bits per heavy atom. The van der Waals surface area contributed by atoms with Crippen LogP contribution in [-0.2, 0) is 13.1 Å². The molecule has 0 bridgehead atoms. The number of benzene rings is 2. The molecule has 0 unspecified atom stereocenters. The summed E-state index contributed by atoms with van der Waals surface area (Å²) >= 11 is 0. The van der Waals surface area contributed by atoms with Crippen LogP contribution >= 0.6 is 0 Å². The SMILES string of the molecule is CCNC(=O)NC1=CC[C@@H](c2cn3c(c2CN(C)C)c(=O)n(-c2cccc(OC)c2F)c(=O)n3Cc2c(F)cccc2F)C=C1. The number of nitrogens with one attached hydrogen (secondary N) is 2. The van der Waals surface area contributed by atoms with Gasteiger partial charge in [0.25, 0.3) is 5.56 Å². The number of ether oxygens (including phenoxy) is 1. The topological polar surface area (TPSA) is 102 Å². The Bertz CT molecular complexity index is 1940. The summed E-state index contributed by atoms with van der Waals surface area (Å²) < 4.78 is 53.4. The third-order valence-electron chi connectivity index (χ3n) is 7.54. The first-order chi connectivity index (χ1) is 21.5. The van der Waals surface area contributed by atoms with E-state index in [-0.39, 0.29) is 35.4 Å². The lowest BCUT2D eigenvalue weighted by atomic mass is 9.90. The highest BCUT2D eigenvalue weighted by molar-refractivity contribution is 5.76. The van der Waals surface area contributed by atoms with E-state index >= 15 is 4.39 Å². The number of hydrogen-bond donors (Lipinski definition) is 2. The Hall–Kier alpha value is -5.04. The third kappa shape index (κ3) is 6.03. The van der Waals surface area contributed by atoms with Crippen molar-refractivity contribution in [1.82, 2.24) is 29.3 Å². The van der Waals surface area contributed by atoms with Crippen molar-refractivity contribution >= 4 is 11.5 Å². The molecule has 2 aromatic heterocycles. The molecule has 10 nitrogen and oxygen atoms in total. The van der Waals surface area contributed by atoms with E-state index in [2.05, 4.69) is 10.6 Å². The predicted molar refractivity (Wildman–Crippen MR) is 163 cm³/mol. The van der Waals surface area contributed by atoms with Crippen LogP contribution in [0, 0.1) is 17.5 Å². The molecule has 4 aromatic rings. The van der Waals surface area contributed by atoms with Crippen LogP contribution in [-0.4, -0.2) is 52.4 Å². The fraction of sp³-hybridized carbons (Fsp3) is 0.281.